The summed E-state index contributed by atoms with van der Waals surface area (Å²) < 4.78 is 27.6. The monoisotopic (exact) mass is 289 g/mol. The molecule has 1 unspecified atom stereocenters. The lowest BCUT2D eigenvalue weighted by molar-refractivity contribution is 0.468. The van der Waals surface area contributed by atoms with Gasteiger partial charge in [0.2, 0.25) is 0 Å². The number of likely N-dealkylation sites (N-methyl/N-ethyl adjacent to an activating group) is 1. The highest BCUT2D eigenvalue weighted by molar-refractivity contribution is 9.10. The molecule has 1 aromatic rings. The highest BCUT2D eigenvalue weighted by atomic mass is 79.9. The molecular formula is C12H14BrF2N. The van der Waals surface area contributed by atoms with E-state index in [-0.39, 0.29) is 11.6 Å². The molecule has 0 spiro atoms. The number of hydrogen-bond acceptors (Lipinski definition) is 1. The van der Waals surface area contributed by atoms with Crippen LogP contribution >= 0.6 is 15.9 Å². The van der Waals surface area contributed by atoms with Crippen molar-refractivity contribution in [3.8, 4) is 0 Å². The first-order valence-corrected chi connectivity index (χ1v) is 6.22. The maximum Gasteiger partial charge on any atom is 0.143 e. The first kappa shape index (κ1) is 12.0. The van der Waals surface area contributed by atoms with Crippen LogP contribution in [0.25, 0.3) is 0 Å². The van der Waals surface area contributed by atoms with Gasteiger partial charge in [-0.2, -0.15) is 0 Å². The quantitative estimate of drug-likeness (QED) is 0.839. The predicted molar refractivity (Wildman–Crippen MR) is 63.3 cm³/mol. The van der Waals surface area contributed by atoms with E-state index in [9.17, 15) is 8.78 Å². The topological polar surface area (TPSA) is 12.0 Å². The van der Waals surface area contributed by atoms with Crippen molar-refractivity contribution in [3.05, 3.63) is 33.8 Å². The van der Waals surface area contributed by atoms with E-state index in [4.69, 9.17) is 0 Å². The molecule has 0 bridgehead atoms. The van der Waals surface area contributed by atoms with Gasteiger partial charge < -0.3 is 5.32 Å². The molecule has 0 radical (unpaired) electrons. The van der Waals surface area contributed by atoms with Crippen molar-refractivity contribution in [3.63, 3.8) is 0 Å². The van der Waals surface area contributed by atoms with Gasteiger partial charge in [0.1, 0.15) is 11.6 Å². The molecule has 0 aliphatic heterocycles. The van der Waals surface area contributed by atoms with E-state index in [0.717, 1.165) is 12.8 Å². The fraction of sp³-hybridized carbons (Fsp3) is 0.500. The van der Waals surface area contributed by atoms with Gasteiger partial charge in [0.05, 0.1) is 4.47 Å². The normalized spacial score (nSPS) is 17.5. The van der Waals surface area contributed by atoms with Crippen molar-refractivity contribution in [2.45, 2.75) is 25.3 Å². The van der Waals surface area contributed by atoms with Crippen LogP contribution in [0.3, 0.4) is 0 Å². The Morgan fingerprint density at radius 3 is 2.69 bits per heavy atom. The second-order valence-electron chi connectivity index (χ2n) is 4.26. The Bertz CT molecular complexity index is 391. The van der Waals surface area contributed by atoms with Crippen LogP contribution in [0.5, 0.6) is 0 Å². The SMILES string of the molecule is CNC(Cc1c(F)ccc(Br)c1F)C1CC1. The predicted octanol–water partition coefficient (Wildman–Crippen LogP) is 3.27. The average Bonchev–Trinajstić information content (AvgIpc) is 3.08. The van der Waals surface area contributed by atoms with Gasteiger partial charge in [-0.05, 0) is 60.3 Å². The summed E-state index contributed by atoms with van der Waals surface area (Å²) in [6, 6.07) is 2.89. The lowest BCUT2D eigenvalue weighted by Crippen LogP contribution is -2.30. The zero-order chi connectivity index (χ0) is 11.7. The summed E-state index contributed by atoms with van der Waals surface area (Å²) in [5.41, 5.74) is 0.181. The molecule has 1 aliphatic rings. The van der Waals surface area contributed by atoms with Gasteiger partial charge in [-0.3, -0.25) is 0 Å². The van der Waals surface area contributed by atoms with Gasteiger partial charge in [-0.15, -0.1) is 0 Å². The molecule has 0 saturated heterocycles. The first-order valence-electron chi connectivity index (χ1n) is 5.43. The highest BCUT2D eigenvalue weighted by Crippen LogP contribution is 2.35. The number of benzene rings is 1. The Hall–Kier alpha value is -0.480. The van der Waals surface area contributed by atoms with E-state index < -0.39 is 11.6 Å². The van der Waals surface area contributed by atoms with Gasteiger partial charge in [-0.25, -0.2) is 8.78 Å². The molecule has 2 rings (SSSR count). The second kappa shape index (κ2) is 4.80. The fourth-order valence-electron chi connectivity index (χ4n) is 1.98. The number of nitrogens with one attached hydrogen (secondary N) is 1. The summed E-state index contributed by atoms with van der Waals surface area (Å²) in [6.45, 7) is 0. The summed E-state index contributed by atoms with van der Waals surface area (Å²) in [4.78, 5) is 0. The summed E-state index contributed by atoms with van der Waals surface area (Å²) in [5, 5.41) is 3.14. The third-order valence-corrected chi connectivity index (χ3v) is 3.74. The Balaban J connectivity index is 2.22. The van der Waals surface area contributed by atoms with Crippen LogP contribution < -0.4 is 5.32 Å². The lowest BCUT2D eigenvalue weighted by atomic mass is 10.0. The van der Waals surface area contributed by atoms with Gasteiger partial charge in [-0.1, -0.05) is 0 Å². The van der Waals surface area contributed by atoms with E-state index in [2.05, 4.69) is 21.2 Å². The Labute approximate surface area is 102 Å². The molecule has 16 heavy (non-hydrogen) atoms. The fourth-order valence-corrected chi connectivity index (χ4v) is 2.35. The largest absolute Gasteiger partial charge is 0.316 e. The van der Waals surface area contributed by atoms with E-state index >= 15 is 0 Å². The van der Waals surface area contributed by atoms with Crippen LogP contribution in [0.2, 0.25) is 0 Å². The second-order valence-corrected chi connectivity index (χ2v) is 5.11. The maximum absolute atomic E-state index is 13.7. The molecule has 0 amide bonds. The molecule has 1 aromatic carbocycles. The van der Waals surface area contributed by atoms with Crippen LogP contribution in [0.1, 0.15) is 18.4 Å². The third kappa shape index (κ3) is 2.43. The van der Waals surface area contributed by atoms with Gasteiger partial charge in [0.25, 0.3) is 0 Å². The highest BCUT2D eigenvalue weighted by Gasteiger charge is 2.31. The summed E-state index contributed by atoms with van der Waals surface area (Å²) >= 11 is 3.08. The van der Waals surface area contributed by atoms with Crippen molar-refractivity contribution in [2.24, 2.45) is 5.92 Å². The minimum atomic E-state index is -0.471. The van der Waals surface area contributed by atoms with Gasteiger partial charge in [0.15, 0.2) is 0 Å². The third-order valence-electron chi connectivity index (χ3n) is 3.12. The number of hydrogen-bond donors (Lipinski definition) is 1. The number of rotatable bonds is 4. The molecule has 1 aliphatic carbocycles. The summed E-state index contributed by atoms with van der Waals surface area (Å²) in [5.74, 6) is -0.356. The van der Waals surface area contributed by atoms with Gasteiger partial charge in [0, 0.05) is 11.6 Å². The summed E-state index contributed by atoms with van der Waals surface area (Å²) in [6.07, 6.45) is 2.73. The Kier molecular flexibility index (Phi) is 3.60. The van der Waals surface area contributed by atoms with Crippen LogP contribution in [0.15, 0.2) is 16.6 Å². The van der Waals surface area contributed by atoms with E-state index in [1.165, 1.54) is 12.1 Å². The molecule has 1 nitrogen and oxygen atoms in total. The van der Waals surface area contributed by atoms with Crippen molar-refractivity contribution < 1.29 is 8.78 Å². The summed E-state index contributed by atoms with van der Waals surface area (Å²) in [7, 11) is 1.84. The van der Waals surface area contributed by atoms with Crippen molar-refractivity contribution >= 4 is 15.9 Å². The minimum Gasteiger partial charge on any atom is -0.316 e. The molecule has 0 aromatic heterocycles. The van der Waals surface area contributed by atoms with Crippen LogP contribution in [-0.2, 0) is 6.42 Å². The molecule has 1 atom stereocenters. The zero-order valence-electron chi connectivity index (χ0n) is 9.06. The number of halogens is 3. The van der Waals surface area contributed by atoms with Crippen LogP contribution in [0.4, 0.5) is 8.78 Å². The van der Waals surface area contributed by atoms with Crippen LogP contribution in [0, 0.1) is 17.6 Å². The Morgan fingerprint density at radius 2 is 2.12 bits per heavy atom. The van der Waals surface area contributed by atoms with E-state index in [1.54, 1.807) is 0 Å². The lowest BCUT2D eigenvalue weighted by Gasteiger charge is -2.16. The zero-order valence-corrected chi connectivity index (χ0v) is 10.7. The van der Waals surface area contributed by atoms with Crippen molar-refractivity contribution in [2.75, 3.05) is 7.05 Å². The molecule has 1 N–H and O–H groups in total. The molecule has 1 fully saturated rings. The van der Waals surface area contributed by atoms with Gasteiger partial charge >= 0.3 is 0 Å². The molecular weight excluding hydrogens is 276 g/mol. The minimum absolute atomic E-state index is 0.179. The van der Waals surface area contributed by atoms with Crippen LogP contribution in [-0.4, -0.2) is 13.1 Å². The maximum atomic E-state index is 13.7. The van der Waals surface area contributed by atoms with E-state index in [1.807, 2.05) is 7.05 Å². The first-order chi connectivity index (χ1) is 7.63. The molecule has 0 heterocycles. The Morgan fingerprint density at radius 1 is 1.44 bits per heavy atom. The van der Waals surface area contributed by atoms with Crippen molar-refractivity contribution in [1.82, 2.24) is 5.32 Å². The molecule has 88 valence electrons. The van der Waals surface area contributed by atoms with Crippen molar-refractivity contribution in [1.29, 1.82) is 0 Å². The van der Waals surface area contributed by atoms with E-state index in [0.29, 0.717) is 16.8 Å². The smallest absolute Gasteiger partial charge is 0.143 e. The standard InChI is InChI=1S/C12H14BrF2N/c1-16-11(7-2-3-7)6-8-10(14)5-4-9(13)12(8)15/h4-5,7,11,16H,2-3,6H2,1H3. The molecule has 1 saturated carbocycles. The average molecular weight is 290 g/mol. The molecule has 4 heteroatoms.